The van der Waals surface area contributed by atoms with Crippen molar-refractivity contribution in [1.82, 2.24) is 0 Å². The third-order valence-corrected chi connectivity index (χ3v) is 1.72. The Labute approximate surface area is 77.2 Å². The topological polar surface area (TPSA) is 57.2 Å². The molecule has 0 unspecified atom stereocenters. The molecule has 0 saturated carbocycles. The molecule has 0 saturated heterocycles. The van der Waals surface area contributed by atoms with Crippen molar-refractivity contribution >= 4 is 10.1 Å². The lowest BCUT2D eigenvalue weighted by Crippen LogP contribution is -1.90. The quantitative estimate of drug-likeness (QED) is 0.455. The van der Waals surface area contributed by atoms with Gasteiger partial charge in [0.1, 0.15) is 0 Å². The molecule has 0 amide bonds. The molecule has 0 fully saturated rings. The summed E-state index contributed by atoms with van der Waals surface area (Å²) in [6, 6.07) is 6.91. The van der Waals surface area contributed by atoms with Gasteiger partial charge in [0.25, 0.3) is 0 Å². The molecule has 4 heteroatoms. The molecule has 1 aromatic carbocycles. The van der Waals surface area contributed by atoms with Gasteiger partial charge in [-0.05, 0) is 19.1 Å². The average Bonchev–Trinajstić information content (AvgIpc) is 2.02. The molecule has 3 nitrogen and oxygen atoms in total. The van der Waals surface area contributed by atoms with E-state index in [0.717, 1.165) is 5.56 Å². The van der Waals surface area contributed by atoms with E-state index < -0.39 is 10.1 Å². The van der Waals surface area contributed by atoms with Gasteiger partial charge in [0.2, 0.25) is 0 Å². The first-order valence-electron chi connectivity index (χ1n) is 3.53. The van der Waals surface area contributed by atoms with E-state index in [0.29, 0.717) is 5.56 Å². The zero-order valence-electron chi connectivity index (χ0n) is 6.94. The summed E-state index contributed by atoms with van der Waals surface area (Å²) in [5.74, 6) is 2.26. The molecule has 0 bridgehead atoms. The summed E-state index contributed by atoms with van der Waals surface area (Å²) in [4.78, 5) is 0. The molecule has 0 atom stereocenters. The fraction of sp³-hybridized carbons (Fsp3) is 0.111. The second-order valence-electron chi connectivity index (χ2n) is 2.55. The van der Waals surface area contributed by atoms with Crippen LogP contribution in [0.1, 0.15) is 11.1 Å². The minimum atomic E-state index is -4.44. The van der Waals surface area contributed by atoms with E-state index in [-0.39, 0.29) is 0 Å². The fourth-order valence-corrected chi connectivity index (χ4v) is 1.00. The third-order valence-electron chi connectivity index (χ3n) is 1.37. The Kier molecular flexibility index (Phi) is 2.71. The minimum absolute atomic E-state index is 0.519. The van der Waals surface area contributed by atoms with Gasteiger partial charge in [-0.1, -0.05) is 23.6 Å². The van der Waals surface area contributed by atoms with Gasteiger partial charge in [0.05, 0.1) is 0 Å². The summed E-state index contributed by atoms with van der Waals surface area (Å²) in [7, 11) is -4.44. The van der Waals surface area contributed by atoms with Crippen molar-refractivity contribution in [3.63, 3.8) is 0 Å². The molecule has 68 valence electrons. The monoisotopic (exact) mass is 195 g/mol. The van der Waals surface area contributed by atoms with Crippen LogP contribution in [0.4, 0.5) is 0 Å². The average molecular weight is 195 g/mol. The lowest BCUT2D eigenvalue weighted by atomic mass is 10.2. The number of hydrogen-bond donors (Lipinski definition) is 0. The van der Waals surface area contributed by atoms with Gasteiger partial charge in [-0.3, -0.25) is 0 Å². The summed E-state index contributed by atoms with van der Waals surface area (Å²) in [6.45, 7) is 1.90. The van der Waals surface area contributed by atoms with E-state index in [2.05, 4.69) is 5.92 Å². The van der Waals surface area contributed by atoms with Gasteiger partial charge < -0.3 is 4.55 Å². The highest BCUT2D eigenvalue weighted by molar-refractivity contribution is 7.90. The first-order chi connectivity index (χ1) is 5.97. The van der Waals surface area contributed by atoms with Crippen LogP contribution in [-0.4, -0.2) is 13.0 Å². The van der Waals surface area contributed by atoms with Gasteiger partial charge in [-0.15, -0.1) is 0 Å². The maximum Gasteiger partial charge on any atom is 0.165 e. The van der Waals surface area contributed by atoms with E-state index in [9.17, 15) is 13.0 Å². The van der Waals surface area contributed by atoms with Crippen LogP contribution in [-0.2, 0) is 10.1 Å². The van der Waals surface area contributed by atoms with E-state index in [4.69, 9.17) is 0 Å². The van der Waals surface area contributed by atoms with Gasteiger partial charge in [-0.2, -0.15) is 0 Å². The lowest BCUT2D eigenvalue weighted by molar-refractivity contribution is 0.476. The predicted octanol–water partition coefficient (Wildman–Crippen LogP) is 0.849. The van der Waals surface area contributed by atoms with Crippen molar-refractivity contribution < 1.29 is 13.0 Å². The first kappa shape index (κ1) is 9.78. The maximum atomic E-state index is 10.1. The Morgan fingerprint density at radius 1 is 1.23 bits per heavy atom. The summed E-state index contributed by atoms with van der Waals surface area (Å²) in [5, 5.41) is 1.62. The Morgan fingerprint density at radius 3 is 2.23 bits per heavy atom. The summed E-state index contributed by atoms with van der Waals surface area (Å²) < 4.78 is 30.4. The van der Waals surface area contributed by atoms with Gasteiger partial charge >= 0.3 is 0 Å². The molecular formula is C9H7O3S-. The zero-order valence-corrected chi connectivity index (χ0v) is 7.76. The number of benzene rings is 1. The maximum absolute atomic E-state index is 10.1. The van der Waals surface area contributed by atoms with E-state index in [1.807, 2.05) is 6.92 Å². The van der Waals surface area contributed by atoms with Crippen LogP contribution in [0.25, 0.3) is 0 Å². The van der Waals surface area contributed by atoms with Gasteiger partial charge in [0.15, 0.2) is 10.1 Å². The fourth-order valence-electron chi connectivity index (χ4n) is 0.758. The standard InChI is InChI=1S/C9H8O3S/c1-8-2-4-9(5-3-8)6-7-13(10,11)12/h2-5H,1H3,(H,10,11,12)/p-1. The Hall–Kier alpha value is -1.31. The van der Waals surface area contributed by atoms with Crippen molar-refractivity contribution in [1.29, 1.82) is 0 Å². The first-order valence-corrected chi connectivity index (χ1v) is 4.93. The van der Waals surface area contributed by atoms with Crippen LogP contribution in [0.3, 0.4) is 0 Å². The molecule has 1 rings (SSSR count). The second kappa shape index (κ2) is 3.60. The number of rotatable bonds is 0. The summed E-state index contributed by atoms with van der Waals surface area (Å²) >= 11 is 0. The molecule has 0 aliphatic rings. The van der Waals surface area contributed by atoms with Crippen molar-refractivity contribution in [2.75, 3.05) is 0 Å². The summed E-state index contributed by atoms with van der Waals surface area (Å²) in [6.07, 6.45) is 0. The zero-order chi connectivity index (χ0) is 9.90. The van der Waals surface area contributed by atoms with E-state index >= 15 is 0 Å². The highest BCUT2D eigenvalue weighted by atomic mass is 32.2. The summed E-state index contributed by atoms with van der Waals surface area (Å²) in [5.41, 5.74) is 1.57. The minimum Gasteiger partial charge on any atom is -0.738 e. The Morgan fingerprint density at radius 2 is 1.77 bits per heavy atom. The van der Waals surface area contributed by atoms with Crippen LogP contribution in [0.2, 0.25) is 0 Å². The van der Waals surface area contributed by atoms with Crippen LogP contribution in [0.5, 0.6) is 0 Å². The van der Waals surface area contributed by atoms with Gasteiger partial charge in [-0.25, -0.2) is 8.42 Å². The molecule has 1 aromatic rings. The molecular weight excluding hydrogens is 188 g/mol. The van der Waals surface area contributed by atoms with Crippen molar-refractivity contribution in [3.8, 4) is 11.2 Å². The lowest BCUT2D eigenvalue weighted by Gasteiger charge is -1.94. The molecule has 0 aromatic heterocycles. The Balaban J connectivity index is 2.98. The van der Waals surface area contributed by atoms with Crippen LogP contribution in [0, 0.1) is 18.1 Å². The second-order valence-corrected chi connectivity index (χ2v) is 3.66. The Bertz CT molecular complexity index is 446. The van der Waals surface area contributed by atoms with Crippen molar-refractivity contribution in [3.05, 3.63) is 35.4 Å². The van der Waals surface area contributed by atoms with Crippen LogP contribution < -0.4 is 0 Å². The predicted molar refractivity (Wildman–Crippen MR) is 47.8 cm³/mol. The molecule has 0 heterocycles. The third kappa shape index (κ3) is 3.74. The smallest absolute Gasteiger partial charge is 0.165 e. The highest BCUT2D eigenvalue weighted by Crippen LogP contribution is 2.00. The molecule has 0 radical (unpaired) electrons. The molecule has 0 aliphatic heterocycles. The van der Waals surface area contributed by atoms with E-state index in [1.54, 1.807) is 29.5 Å². The normalized spacial score (nSPS) is 10.3. The van der Waals surface area contributed by atoms with Crippen LogP contribution in [0.15, 0.2) is 24.3 Å². The molecule has 13 heavy (non-hydrogen) atoms. The SMILES string of the molecule is Cc1ccc(C#CS(=O)(=O)[O-])cc1. The van der Waals surface area contributed by atoms with Crippen LogP contribution >= 0.6 is 0 Å². The van der Waals surface area contributed by atoms with E-state index in [1.165, 1.54) is 0 Å². The number of aryl methyl sites for hydroxylation is 1. The molecule has 0 aliphatic carbocycles. The van der Waals surface area contributed by atoms with Crippen molar-refractivity contribution in [2.24, 2.45) is 0 Å². The number of hydrogen-bond acceptors (Lipinski definition) is 3. The largest absolute Gasteiger partial charge is 0.738 e. The highest BCUT2D eigenvalue weighted by Gasteiger charge is 1.87. The van der Waals surface area contributed by atoms with Crippen molar-refractivity contribution in [2.45, 2.75) is 6.92 Å². The van der Waals surface area contributed by atoms with Gasteiger partial charge in [0, 0.05) is 10.8 Å². The molecule has 0 N–H and O–H groups in total. The molecule has 0 spiro atoms.